The van der Waals surface area contributed by atoms with Gasteiger partial charge < -0.3 is 16.0 Å². The Hall–Kier alpha value is -0.0400. The highest BCUT2D eigenvalue weighted by Crippen LogP contribution is 2.14. The van der Waals surface area contributed by atoms with E-state index in [2.05, 4.69) is 29.2 Å². The average Bonchev–Trinajstić information content (AvgIpc) is 2.81. The normalized spacial score (nSPS) is 19.9. The summed E-state index contributed by atoms with van der Waals surface area (Å²) in [5.74, 6) is 0.619. The Labute approximate surface area is 142 Å². The molecule has 0 saturated carbocycles. The molecular weight excluding hydrogens is 363 g/mol. The Bertz CT molecular complexity index is 258. The van der Waals surface area contributed by atoms with Crippen molar-refractivity contribution in [2.75, 3.05) is 26.7 Å². The molecule has 1 fully saturated rings. The van der Waals surface area contributed by atoms with Gasteiger partial charge in [0.15, 0.2) is 5.96 Å². The van der Waals surface area contributed by atoms with Crippen LogP contribution >= 0.6 is 24.0 Å². The Morgan fingerprint density at radius 2 is 1.95 bits per heavy atom. The average molecular weight is 396 g/mol. The zero-order valence-electron chi connectivity index (χ0n) is 13.2. The maximum Gasteiger partial charge on any atom is 0.188 e. The van der Waals surface area contributed by atoms with Crippen molar-refractivity contribution in [1.82, 2.24) is 10.2 Å². The maximum absolute atomic E-state index is 5.88. The highest BCUT2D eigenvalue weighted by atomic mass is 127. The van der Waals surface area contributed by atoms with Crippen LogP contribution in [0.5, 0.6) is 0 Å². The van der Waals surface area contributed by atoms with E-state index in [4.69, 9.17) is 5.73 Å². The summed E-state index contributed by atoms with van der Waals surface area (Å²) in [6.45, 7) is 5.25. The minimum Gasteiger partial charge on any atom is -0.370 e. The largest absolute Gasteiger partial charge is 0.370 e. The fourth-order valence-corrected chi connectivity index (χ4v) is 2.59. The molecule has 0 bridgehead atoms. The molecule has 0 aromatic heterocycles. The van der Waals surface area contributed by atoms with Crippen molar-refractivity contribution in [3.05, 3.63) is 0 Å². The van der Waals surface area contributed by atoms with E-state index in [0.29, 0.717) is 12.0 Å². The monoisotopic (exact) mass is 396 g/mol. The fraction of sp³-hybridized carbons (Fsp3) is 0.933. The number of hydrogen-bond acceptors (Lipinski definition) is 2. The molecule has 120 valence electrons. The smallest absolute Gasteiger partial charge is 0.188 e. The molecule has 1 heterocycles. The van der Waals surface area contributed by atoms with Crippen molar-refractivity contribution in [2.45, 2.75) is 64.3 Å². The number of hydrogen-bond donors (Lipinski definition) is 2. The van der Waals surface area contributed by atoms with Gasteiger partial charge in [0.25, 0.3) is 0 Å². The molecule has 0 aliphatic carbocycles. The molecule has 1 aliphatic heterocycles. The Morgan fingerprint density at radius 1 is 1.25 bits per heavy atom. The molecule has 1 rings (SSSR count). The predicted molar refractivity (Wildman–Crippen MR) is 98.9 cm³/mol. The van der Waals surface area contributed by atoms with Crippen LogP contribution in [0.25, 0.3) is 0 Å². The van der Waals surface area contributed by atoms with E-state index in [1.807, 2.05) is 0 Å². The van der Waals surface area contributed by atoms with Crippen LogP contribution < -0.4 is 11.1 Å². The summed E-state index contributed by atoms with van der Waals surface area (Å²) >= 11 is 0. The minimum absolute atomic E-state index is 0. The molecule has 0 spiro atoms. The topological polar surface area (TPSA) is 53.6 Å². The van der Waals surface area contributed by atoms with E-state index in [0.717, 1.165) is 13.1 Å². The van der Waals surface area contributed by atoms with E-state index < -0.39 is 0 Å². The van der Waals surface area contributed by atoms with Crippen LogP contribution in [0.1, 0.15) is 58.3 Å². The van der Waals surface area contributed by atoms with Crippen LogP contribution in [0.4, 0.5) is 0 Å². The van der Waals surface area contributed by atoms with Crippen LogP contribution in [0.2, 0.25) is 0 Å². The molecule has 0 radical (unpaired) electrons. The van der Waals surface area contributed by atoms with E-state index in [1.165, 1.54) is 57.9 Å². The molecule has 1 aliphatic rings. The first-order valence-corrected chi connectivity index (χ1v) is 7.98. The zero-order chi connectivity index (χ0) is 13.9. The molecular formula is C15H33IN4. The van der Waals surface area contributed by atoms with Gasteiger partial charge in [-0.2, -0.15) is 0 Å². The SMILES string of the molecule is CCCCCCCCNC(N)=NCC1CCCN1C.I. The first kappa shape index (κ1) is 20.0. The van der Waals surface area contributed by atoms with Crippen LogP contribution in [0, 0.1) is 0 Å². The van der Waals surface area contributed by atoms with Crippen LogP contribution in [-0.4, -0.2) is 43.6 Å². The van der Waals surface area contributed by atoms with E-state index in [-0.39, 0.29) is 24.0 Å². The number of rotatable bonds is 9. The molecule has 0 aromatic carbocycles. The van der Waals surface area contributed by atoms with Crippen molar-refractivity contribution >= 4 is 29.9 Å². The molecule has 0 aromatic rings. The minimum atomic E-state index is 0. The van der Waals surface area contributed by atoms with Gasteiger partial charge in [-0.25, -0.2) is 0 Å². The summed E-state index contributed by atoms with van der Waals surface area (Å²) in [7, 11) is 2.17. The van der Waals surface area contributed by atoms with Gasteiger partial charge in [-0.1, -0.05) is 39.0 Å². The summed E-state index contributed by atoms with van der Waals surface area (Å²) in [5, 5.41) is 3.22. The first-order chi connectivity index (χ1) is 9.24. The van der Waals surface area contributed by atoms with Crippen molar-refractivity contribution in [3.8, 4) is 0 Å². The molecule has 3 N–H and O–H groups in total. The molecule has 4 nitrogen and oxygen atoms in total. The lowest BCUT2D eigenvalue weighted by Gasteiger charge is -2.17. The molecule has 1 unspecified atom stereocenters. The molecule has 1 atom stereocenters. The third-order valence-corrected chi connectivity index (χ3v) is 3.98. The standard InChI is InChI=1S/C15H32N4.HI/c1-3-4-5-6-7-8-11-17-15(16)18-13-14-10-9-12-19(14)2;/h14H,3-13H2,1-2H3,(H3,16,17,18);1H. The van der Waals surface area contributed by atoms with Gasteiger partial charge in [-0.05, 0) is 32.9 Å². The maximum atomic E-state index is 5.88. The Balaban J connectivity index is 0.00000361. The number of aliphatic imine (C=N–C) groups is 1. The lowest BCUT2D eigenvalue weighted by Crippen LogP contribution is -2.35. The van der Waals surface area contributed by atoms with Gasteiger partial charge >= 0.3 is 0 Å². The number of unbranched alkanes of at least 4 members (excludes halogenated alkanes) is 5. The number of nitrogens with zero attached hydrogens (tertiary/aromatic N) is 2. The van der Waals surface area contributed by atoms with Gasteiger partial charge in [0, 0.05) is 12.6 Å². The highest BCUT2D eigenvalue weighted by molar-refractivity contribution is 14.0. The third kappa shape index (κ3) is 9.00. The molecule has 0 amide bonds. The van der Waals surface area contributed by atoms with Crippen molar-refractivity contribution < 1.29 is 0 Å². The van der Waals surface area contributed by atoms with Gasteiger partial charge in [0.1, 0.15) is 0 Å². The summed E-state index contributed by atoms with van der Waals surface area (Å²) in [5.41, 5.74) is 5.88. The summed E-state index contributed by atoms with van der Waals surface area (Å²) in [6, 6.07) is 0.592. The summed E-state index contributed by atoms with van der Waals surface area (Å²) in [6.07, 6.45) is 10.4. The van der Waals surface area contributed by atoms with E-state index >= 15 is 0 Å². The Morgan fingerprint density at radius 3 is 2.60 bits per heavy atom. The summed E-state index contributed by atoms with van der Waals surface area (Å²) < 4.78 is 0. The number of nitrogens with one attached hydrogen (secondary N) is 1. The van der Waals surface area contributed by atoms with Crippen molar-refractivity contribution in [1.29, 1.82) is 0 Å². The van der Waals surface area contributed by atoms with Gasteiger partial charge in [0.05, 0.1) is 6.54 Å². The Kier molecular flexibility index (Phi) is 12.7. The van der Waals surface area contributed by atoms with E-state index in [1.54, 1.807) is 0 Å². The van der Waals surface area contributed by atoms with Gasteiger partial charge in [-0.3, -0.25) is 4.99 Å². The first-order valence-electron chi connectivity index (χ1n) is 7.98. The second kappa shape index (κ2) is 12.7. The number of nitrogens with two attached hydrogens (primary N) is 1. The highest BCUT2D eigenvalue weighted by Gasteiger charge is 2.19. The zero-order valence-corrected chi connectivity index (χ0v) is 15.6. The number of likely N-dealkylation sites (tertiary alicyclic amines) is 1. The van der Waals surface area contributed by atoms with Crippen LogP contribution in [0.15, 0.2) is 4.99 Å². The van der Waals surface area contributed by atoms with Crippen LogP contribution in [0.3, 0.4) is 0 Å². The third-order valence-electron chi connectivity index (χ3n) is 3.98. The molecule has 5 heteroatoms. The number of likely N-dealkylation sites (N-methyl/N-ethyl adjacent to an activating group) is 1. The molecule has 1 saturated heterocycles. The summed E-state index contributed by atoms with van der Waals surface area (Å²) in [4.78, 5) is 6.82. The lowest BCUT2D eigenvalue weighted by atomic mass is 10.1. The van der Waals surface area contributed by atoms with Crippen molar-refractivity contribution in [3.63, 3.8) is 0 Å². The number of guanidine groups is 1. The quantitative estimate of drug-likeness (QED) is 0.273. The van der Waals surface area contributed by atoms with Gasteiger partial charge in [-0.15, -0.1) is 24.0 Å². The second-order valence-electron chi connectivity index (χ2n) is 5.70. The fourth-order valence-electron chi connectivity index (χ4n) is 2.59. The van der Waals surface area contributed by atoms with Crippen molar-refractivity contribution in [2.24, 2.45) is 10.7 Å². The van der Waals surface area contributed by atoms with Crippen LogP contribution in [-0.2, 0) is 0 Å². The molecule has 20 heavy (non-hydrogen) atoms. The predicted octanol–water partition coefficient (Wildman–Crippen LogP) is 2.96. The van der Waals surface area contributed by atoms with E-state index in [9.17, 15) is 0 Å². The second-order valence-corrected chi connectivity index (χ2v) is 5.70. The lowest BCUT2D eigenvalue weighted by molar-refractivity contribution is 0.317. The number of halogens is 1. The van der Waals surface area contributed by atoms with Gasteiger partial charge in [0.2, 0.25) is 0 Å².